The summed E-state index contributed by atoms with van der Waals surface area (Å²) >= 11 is 1.36. The second-order valence-electron chi connectivity index (χ2n) is 5.90. The molecule has 0 bridgehead atoms. The highest BCUT2D eigenvalue weighted by Gasteiger charge is 2.27. The van der Waals surface area contributed by atoms with Gasteiger partial charge in [-0.15, -0.1) is 6.42 Å². The lowest BCUT2D eigenvalue weighted by Gasteiger charge is -2.24. The maximum absolute atomic E-state index is 12.5. The van der Waals surface area contributed by atoms with Gasteiger partial charge in [0.1, 0.15) is 11.2 Å². The molecule has 1 aliphatic heterocycles. The average molecular weight is 379 g/mol. The van der Waals surface area contributed by atoms with E-state index in [1.165, 1.54) is 24.2 Å². The van der Waals surface area contributed by atoms with Crippen molar-refractivity contribution in [1.29, 1.82) is 0 Å². The van der Waals surface area contributed by atoms with E-state index in [0.717, 1.165) is 11.3 Å². The van der Waals surface area contributed by atoms with Gasteiger partial charge in [-0.05, 0) is 36.1 Å². The van der Waals surface area contributed by atoms with Crippen molar-refractivity contribution in [3.05, 3.63) is 59.2 Å². The van der Waals surface area contributed by atoms with Crippen molar-refractivity contribution >= 4 is 22.7 Å². The van der Waals surface area contributed by atoms with Crippen molar-refractivity contribution < 1.29 is 9.53 Å². The first kappa shape index (κ1) is 18.6. The molecule has 27 heavy (non-hydrogen) atoms. The van der Waals surface area contributed by atoms with Crippen molar-refractivity contribution in [3.63, 3.8) is 0 Å². The predicted molar refractivity (Wildman–Crippen MR) is 104 cm³/mol. The summed E-state index contributed by atoms with van der Waals surface area (Å²) in [6, 6.07) is 3.64. The number of rotatable bonds is 6. The number of ketones is 1. The maximum atomic E-state index is 12.5. The lowest BCUT2D eigenvalue weighted by molar-refractivity contribution is 0.0987. The summed E-state index contributed by atoms with van der Waals surface area (Å²) in [6.07, 6.45) is 11.6. The van der Waals surface area contributed by atoms with Gasteiger partial charge in [0.15, 0.2) is 17.6 Å². The number of carbonyl (C=O) groups is 1. The van der Waals surface area contributed by atoms with Gasteiger partial charge in [0.05, 0.1) is 18.1 Å². The van der Waals surface area contributed by atoms with Crippen LogP contribution >= 0.6 is 11.8 Å². The summed E-state index contributed by atoms with van der Waals surface area (Å²) in [4.78, 5) is 29.5. The number of nitrogens with zero attached hydrogens (tertiary/aromatic N) is 4. The van der Waals surface area contributed by atoms with Crippen molar-refractivity contribution in [2.24, 2.45) is 10.7 Å². The van der Waals surface area contributed by atoms with Crippen molar-refractivity contribution in [1.82, 2.24) is 15.0 Å². The van der Waals surface area contributed by atoms with Gasteiger partial charge in [0.2, 0.25) is 5.88 Å². The van der Waals surface area contributed by atoms with Crippen LogP contribution in [-0.4, -0.2) is 32.5 Å². The number of nitrogens with two attached hydrogens (primary N) is 1. The first-order valence-corrected chi connectivity index (χ1v) is 8.95. The molecule has 0 radical (unpaired) electrons. The molecule has 0 aromatic carbocycles. The average Bonchev–Trinajstić information content (AvgIpc) is 2.67. The highest BCUT2D eigenvalue weighted by molar-refractivity contribution is 8.16. The molecule has 0 saturated heterocycles. The summed E-state index contributed by atoms with van der Waals surface area (Å²) in [5, 5.41) is 2.37. The quantitative estimate of drug-likeness (QED) is 0.605. The molecule has 3 heterocycles. The van der Waals surface area contributed by atoms with Gasteiger partial charge in [0, 0.05) is 12.6 Å². The molecule has 1 atom stereocenters. The normalized spacial score (nSPS) is 18.4. The van der Waals surface area contributed by atoms with E-state index in [0.29, 0.717) is 5.17 Å². The Bertz CT molecular complexity index is 949. The minimum atomic E-state index is -0.649. The number of Topliss-reactive ketones (excluding diaryl/α,β-unsaturated/α-hetero) is 1. The third-order valence-electron chi connectivity index (χ3n) is 3.85. The Morgan fingerprint density at radius 1 is 1.37 bits per heavy atom. The fourth-order valence-electron chi connectivity index (χ4n) is 2.46. The summed E-state index contributed by atoms with van der Waals surface area (Å²) < 4.78 is 5.15. The van der Waals surface area contributed by atoms with E-state index in [9.17, 15) is 4.79 Å². The predicted octanol–water partition coefficient (Wildman–Crippen LogP) is 2.10. The number of hydrogen-bond acceptors (Lipinski definition) is 8. The van der Waals surface area contributed by atoms with Gasteiger partial charge < -0.3 is 10.5 Å². The fourth-order valence-corrected chi connectivity index (χ4v) is 3.17. The molecule has 0 unspecified atom stereocenters. The van der Waals surface area contributed by atoms with E-state index in [1.807, 2.05) is 24.5 Å². The van der Waals surface area contributed by atoms with Crippen LogP contribution in [0.1, 0.15) is 28.7 Å². The zero-order valence-corrected chi connectivity index (χ0v) is 15.4. The van der Waals surface area contributed by atoms with Crippen LogP contribution in [0.2, 0.25) is 0 Å². The molecule has 2 N–H and O–H groups in total. The number of pyridine rings is 1. The lowest BCUT2D eigenvalue weighted by Crippen LogP contribution is -2.24. The monoisotopic (exact) mass is 379 g/mol. The Morgan fingerprint density at radius 2 is 2.22 bits per heavy atom. The van der Waals surface area contributed by atoms with E-state index in [4.69, 9.17) is 16.9 Å². The molecule has 0 saturated carbocycles. The number of aliphatic imine (C=N–C) groups is 1. The molecule has 1 aliphatic rings. The van der Waals surface area contributed by atoms with Gasteiger partial charge in [-0.25, -0.2) is 15.0 Å². The van der Waals surface area contributed by atoms with E-state index in [2.05, 4.69) is 25.9 Å². The molecule has 3 rings (SSSR count). The number of ether oxygens (including phenoxy) is 1. The zero-order chi connectivity index (χ0) is 19.3. The Hall–Kier alpha value is -3.18. The Balaban J connectivity index is 1.74. The van der Waals surface area contributed by atoms with Gasteiger partial charge in [-0.2, -0.15) is 0 Å². The Labute approximate surface area is 161 Å². The number of terminal acetylenes is 1. The second-order valence-corrected chi connectivity index (χ2v) is 6.83. The van der Waals surface area contributed by atoms with E-state index < -0.39 is 5.54 Å². The van der Waals surface area contributed by atoms with Crippen LogP contribution < -0.4 is 10.5 Å². The van der Waals surface area contributed by atoms with Crippen LogP contribution in [0.15, 0.2) is 47.2 Å². The maximum Gasteiger partial charge on any atom is 0.233 e. The number of carbonyl (C=O) groups excluding carboxylic acids is 1. The molecule has 7 nitrogen and oxygen atoms in total. The number of thioether (sulfide) groups is 1. The van der Waals surface area contributed by atoms with Gasteiger partial charge in [0.25, 0.3) is 0 Å². The van der Waals surface area contributed by atoms with Gasteiger partial charge in [-0.3, -0.25) is 9.78 Å². The van der Waals surface area contributed by atoms with Crippen LogP contribution in [0.4, 0.5) is 0 Å². The summed E-state index contributed by atoms with van der Waals surface area (Å²) in [5.74, 6) is 2.46. The van der Waals surface area contributed by atoms with E-state index >= 15 is 0 Å². The highest BCUT2D eigenvalue weighted by atomic mass is 32.2. The SMILES string of the molecule is C#CCOc1cnc(C(=O)Cc2ccnc([C@]3(C)C=CSC(N)=N3)c2)cn1. The zero-order valence-electron chi connectivity index (χ0n) is 14.6. The third-order valence-corrected chi connectivity index (χ3v) is 4.45. The van der Waals surface area contributed by atoms with Crippen LogP contribution in [0.25, 0.3) is 0 Å². The summed E-state index contributed by atoms with van der Waals surface area (Å²) in [5.41, 5.74) is 6.96. The Morgan fingerprint density at radius 3 is 2.93 bits per heavy atom. The lowest BCUT2D eigenvalue weighted by atomic mass is 9.95. The van der Waals surface area contributed by atoms with Crippen LogP contribution in [0.3, 0.4) is 0 Å². The van der Waals surface area contributed by atoms with Crippen molar-refractivity contribution in [3.8, 4) is 18.2 Å². The van der Waals surface area contributed by atoms with Crippen molar-refractivity contribution in [2.45, 2.75) is 18.9 Å². The molecule has 136 valence electrons. The van der Waals surface area contributed by atoms with Crippen LogP contribution in [-0.2, 0) is 12.0 Å². The third kappa shape index (κ3) is 4.51. The topological polar surface area (TPSA) is 103 Å². The van der Waals surface area contributed by atoms with Gasteiger partial charge in [-0.1, -0.05) is 17.7 Å². The van der Waals surface area contributed by atoms with Gasteiger partial charge >= 0.3 is 0 Å². The smallest absolute Gasteiger partial charge is 0.233 e. The first-order valence-electron chi connectivity index (χ1n) is 8.07. The van der Waals surface area contributed by atoms with Crippen molar-refractivity contribution in [2.75, 3.05) is 6.61 Å². The van der Waals surface area contributed by atoms with E-state index in [-0.39, 0.29) is 30.4 Å². The largest absolute Gasteiger partial charge is 0.463 e. The van der Waals surface area contributed by atoms with E-state index in [1.54, 1.807) is 12.3 Å². The second kappa shape index (κ2) is 8.01. The standard InChI is InChI=1S/C19H17N5O2S/c1-3-7-26-17-12-22-14(11-23-17)15(25)9-13-4-6-21-16(10-13)19(2)5-8-27-18(20)24-19/h1,4-6,8,10-12H,7,9H2,2H3,(H2,20,24)/t19-/m0/s1. The summed E-state index contributed by atoms with van der Waals surface area (Å²) in [7, 11) is 0. The molecule has 0 spiro atoms. The fraction of sp³-hybridized carbons (Fsp3) is 0.211. The summed E-state index contributed by atoms with van der Waals surface area (Å²) in [6.45, 7) is 2.02. The highest BCUT2D eigenvalue weighted by Crippen LogP contribution is 2.31. The number of hydrogen-bond donors (Lipinski definition) is 1. The first-order chi connectivity index (χ1) is 13.0. The number of amidine groups is 1. The molecule has 0 amide bonds. The molecular weight excluding hydrogens is 362 g/mol. The van der Waals surface area contributed by atoms with Crippen LogP contribution in [0, 0.1) is 12.3 Å². The Kier molecular flexibility index (Phi) is 5.52. The number of aromatic nitrogens is 3. The molecule has 0 fully saturated rings. The molecule has 0 aliphatic carbocycles. The molecule has 2 aromatic rings. The molecular formula is C19H17N5O2S. The minimum absolute atomic E-state index is 0.0977. The molecule has 2 aromatic heterocycles. The van der Waals surface area contributed by atoms with Crippen LogP contribution in [0.5, 0.6) is 5.88 Å². The molecule has 8 heteroatoms. The minimum Gasteiger partial charge on any atom is -0.463 e.